The van der Waals surface area contributed by atoms with Gasteiger partial charge in [-0.3, -0.25) is 4.79 Å². The van der Waals surface area contributed by atoms with Gasteiger partial charge in [0.1, 0.15) is 11.4 Å². The van der Waals surface area contributed by atoms with E-state index in [4.69, 9.17) is 4.74 Å². The molecule has 1 aromatic heterocycles. The van der Waals surface area contributed by atoms with Crippen LogP contribution in [0.15, 0.2) is 53.7 Å². The van der Waals surface area contributed by atoms with Crippen molar-refractivity contribution in [1.82, 2.24) is 20.2 Å². The van der Waals surface area contributed by atoms with Gasteiger partial charge in [-0.1, -0.05) is 42.1 Å². The Bertz CT molecular complexity index is 959. The fraction of sp³-hybridized carbons (Fsp3) is 0.263. The zero-order valence-electron chi connectivity index (χ0n) is 14.9. The molecule has 1 aliphatic rings. The van der Waals surface area contributed by atoms with Gasteiger partial charge >= 0.3 is 0 Å². The molecule has 7 nitrogen and oxygen atoms in total. The van der Waals surface area contributed by atoms with Crippen molar-refractivity contribution in [2.75, 3.05) is 23.8 Å². The maximum absolute atomic E-state index is 12.7. The number of anilines is 1. The summed E-state index contributed by atoms with van der Waals surface area (Å²) < 4.78 is 7.27. The monoisotopic (exact) mass is 381 g/mol. The van der Waals surface area contributed by atoms with E-state index in [9.17, 15) is 4.79 Å². The van der Waals surface area contributed by atoms with E-state index < -0.39 is 0 Å². The lowest BCUT2D eigenvalue weighted by atomic mass is 10.2. The zero-order valence-corrected chi connectivity index (χ0v) is 15.7. The molecule has 8 heteroatoms. The molecule has 2 heterocycles. The average molecular weight is 381 g/mol. The minimum atomic E-state index is 0.0533. The lowest BCUT2D eigenvalue weighted by Gasteiger charge is -2.17. The van der Waals surface area contributed by atoms with E-state index in [1.54, 1.807) is 4.68 Å². The van der Waals surface area contributed by atoms with Crippen molar-refractivity contribution in [3.05, 3.63) is 54.1 Å². The van der Waals surface area contributed by atoms with Crippen molar-refractivity contribution in [3.8, 4) is 11.4 Å². The molecule has 0 radical (unpaired) electrons. The Kier molecular flexibility index (Phi) is 5.06. The number of aromatic nitrogens is 4. The van der Waals surface area contributed by atoms with Crippen LogP contribution in [0.4, 0.5) is 5.69 Å². The predicted octanol–water partition coefficient (Wildman–Crippen LogP) is 2.74. The van der Waals surface area contributed by atoms with Crippen molar-refractivity contribution in [1.29, 1.82) is 0 Å². The number of fused-ring (bicyclic) bond motifs is 1. The van der Waals surface area contributed by atoms with Gasteiger partial charge in [-0.2, -0.15) is 4.68 Å². The molecular formula is C19H19N5O2S. The summed E-state index contributed by atoms with van der Waals surface area (Å²) in [5.74, 6) is 1.03. The van der Waals surface area contributed by atoms with Gasteiger partial charge in [0.15, 0.2) is 0 Å². The second-order valence-corrected chi connectivity index (χ2v) is 6.93. The Labute approximate surface area is 161 Å². The number of tetrazole rings is 1. The number of carbonyl (C=O) groups excluding carboxylic acids is 1. The summed E-state index contributed by atoms with van der Waals surface area (Å²) in [5, 5.41) is 12.5. The van der Waals surface area contributed by atoms with Crippen molar-refractivity contribution >= 4 is 23.4 Å². The predicted molar refractivity (Wildman–Crippen MR) is 104 cm³/mol. The van der Waals surface area contributed by atoms with Crippen LogP contribution in [0.25, 0.3) is 5.69 Å². The van der Waals surface area contributed by atoms with Crippen LogP contribution < -0.4 is 9.64 Å². The van der Waals surface area contributed by atoms with Crippen LogP contribution in [0, 0.1) is 0 Å². The smallest absolute Gasteiger partial charge is 0.237 e. The van der Waals surface area contributed by atoms with Gasteiger partial charge in [-0.15, -0.1) is 5.10 Å². The molecule has 0 N–H and O–H groups in total. The van der Waals surface area contributed by atoms with E-state index in [0.29, 0.717) is 17.5 Å². The quantitative estimate of drug-likeness (QED) is 0.612. The summed E-state index contributed by atoms with van der Waals surface area (Å²) in [5.41, 5.74) is 2.97. The highest BCUT2D eigenvalue weighted by atomic mass is 32.2. The standard InChI is InChI=1S/C19H19N5O2S/c1-2-26-17-10-6-5-9-16(17)24-19(20-21-22-24)27-13-18(25)23-12-11-14-7-3-4-8-15(14)23/h3-10H,2,11-13H2,1H3. The van der Waals surface area contributed by atoms with Gasteiger partial charge in [-0.05, 0) is 47.5 Å². The normalized spacial score (nSPS) is 12.9. The van der Waals surface area contributed by atoms with Crippen LogP contribution in [0.3, 0.4) is 0 Å². The van der Waals surface area contributed by atoms with Crippen molar-refractivity contribution in [2.24, 2.45) is 0 Å². The first-order chi connectivity index (χ1) is 13.3. The first-order valence-electron chi connectivity index (χ1n) is 8.79. The largest absolute Gasteiger partial charge is 0.492 e. The Morgan fingerprint density at radius 1 is 1.15 bits per heavy atom. The van der Waals surface area contributed by atoms with E-state index in [0.717, 1.165) is 24.3 Å². The fourth-order valence-electron chi connectivity index (χ4n) is 3.13. The van der Waals surface area contributed by atoms with Gasteiger partial charge in [-0.25, -0.2) is 0 Å². The molecular weight excluding hydrogens is 362 g/mol. The van der Waals surface area contributed by atoms with Crippen molar-refractivity contribution < 1.29 is 9.53 Å². The average Bonchev–Trinajstić information content (AvgIpc) is 3.34. The first-order valence-corrected chi connectivity index (χ1v) is 9.78. The maximum atomic E-state index is 12.7. The number of thioether (sulfide) groups is 1. The van der Waals surface area contributed by atoms with Crippen molar-refractivity contribution in [3.63, 3.8) is 0 Å². The number of amides is 1. The molecule has 0 unspecified atom stereocenters. The third-order valence-corrected chi connectivity index (χ3v) is 5.25. The summed E-state index contributed by atoms with van der Waals surface area (Å²) >= 11 is 1.33. The van der Waals surface area contributed by atoms with Gasteiger partial charge in [0, 0.05) is 12.2 Å². The lowest BCUT2D eigenvalue weighted by molar-refractivity contribution is -0.116. The Morgan fingerprint density at radius 2 is 1.93 bits per heavy atom. The molecule has 2 aromatic carbocycles. The van der Waals surface area contributed by atoms with Gasteiger partial charge in [0.2, 0.25) is 11.1 Å². The number of hydrogen-bond donors (Lipinski definition) is 0. The number of carbonyl (C=O) groups is 1. The molecule has 4 rings (SSSR count). The third kappa shape index (κ3) is 3.52. The van der Waals surface area contributed by atoms with E-state index in [-0.39, 0.29) is 11.7 Å². The summed E-state index contributed by atoms with van der Waals surface area (Å²) in [6, 6.07) is 15.6. The van der Waals surface area contributed by atoms with Gasteiger partial charge < -0.3 is 9.64 Å². The van der Waals surface area contributed by atoms with Gasteiger partial charge in [0.05, 0.1) is 12.4 Å². The van der Waals surface area contributed by atoms with Crippen LogP contribution in [-0.4, -0.2) is 45.0 Å². The molecule has 3 aromatic rings. The summed E-state index contributed by atoms with van der Waals surface area (Å²) in [4.78, 5) is 14.6. The number of hydrogen-bond acceptors (Lipinski definition) is 6. The Hall–Kier alpha value is -2.87. The molecule has 0 fully saturated rings. The molecule has 0 bridgehead atoms. The highest BCUT2D eigenvalue weighted by Crippen LogP contribution is 2.29. The molecule has 0 saturated carbocycles. The molecule has 27 heavy (non-hydrogen) atoms. The van der Waals surface area contributed by atoms with Crippen LogP contribution in [0.1, 0.15) is 12.5 Å². The molecule has 0 aliphatic carbocycles. The van der Waals surface area contributed by atoms with E-state index in [1.165, 1.54) is 17.3 Å². The van der Waals surface area contributed by atoms with Crippen LogP contribution in [0.2, 0.25) is 0 Å². The van der Waals surface area contributed by atoms with E-state index in [2.05, 4.69) is 21.6 Å². The summed E-state index contributed by atoms with van der Waals surface area (Å²) in [6.45, 7) is 3.20. The number of nitrogens with zero attached hydrogens (tertiary/aromatic N) is 5. The molecule has 0 spiro atoms. The topological polar surface area (TPSA) is 73.1 Å². The molecule has 138 valence electrons. The van der Waals surface area contributed by atoms with Crippen molar-refractivity contribution in [2.45, 2.75) is 18.5 Å². The maximum Gasteiger partial charge on any atom is 0.237 e. The minimum Gasteiger partial charge on any atom is -0.492 e. The van der Waals surface area contributed by atoms with Gasteiger partial charge in [0.25, 0.3) is 0 Å². The van der Waals surface area contributed by atoms with Crippen LogP contribution >= 0.6 is 11.8 Å². The fourth-order valence-corrected chi connectivity index (χ4v) is 3.89. The number of rotatable bonds is 6. The molecule has 1 aliphatic heterocycles. The minimum absolute atomic E-state index is 0.0533. The second kappa shape index (κ2) is 7.79. The van der Waals surface area contributed by atoms with E-state index >= 15 is 0 Å². The highest BCUT2D eigenvalue weighted by molar-refractivity contribution is 7.99. The number of para-hydroxylation sites is 3. The van der Waals surface area contributed by atoms with Crippen LogP contribution in [-0.2, 0) is 11.2 Å². The summed E-state index contributed by atoms with van der Waals surface area (Å²) in [6.07, 6.45) is 0.895. The second-order valence-electron chi connectivity index (χ2n) is 5.99. The highest BCUT2D eigenvalue weighted by Gasteiger charge is 2.25. The third-order valence-electron chi connectivity index (χ3n) is 4.35. The molecule has 0 atom stereocenters. The molecule has 0 saturated heterocycles. The molecule has 1 amide bonds. The first kappa shape index (κ1) is 17.5. The number of benzene rings is 2. The van der Waals surface area contributed by atoms with Crippen LogP contribution in [0.5, 0.6) is 5.75 Å². The number of ether oxygens (including phenoxy) is 1. The summed E-state index contributed by atoms with van der Waals surface area (Å²) in [7, 11) is 0. The van der Waals surface area contributed by atoms with E-state index in [1.807, 2.05) is 54.3 Å². The Balaban J connectivity index is 1.50. The SMILES string of the molecule is CCOc1ccccc1-n1nnnc1SCC(=O)N1CCc2ccccc21. The Morgan fingerprint density at radius 3 is 2.78 bits per heavy atom. The lowest BCUT2D eigenvalue weighted by Crippen LogP contribution is -2.30. The zero-order chi connectivity index (χ0) is 18.6.